The van der Waals surface area contributed by atoms with Crippen molar-refractivity contribution in [2.24, 2.45) is 0 Å². The van der Waals surface area contributed by atoms with E-state index in [4.69, 9.17) is 0 Å². The fourth-order valence-electron chi connectivity index (χ4n) is 1.07. The van der Waals surface area contributed by atoms with E-state index < -0.39 is 0 Å². The van der Waals surface area contributed by atoms with E-state index >= 15 is 0 Å². The normalized spacial score (nSPS) is 21.4. The molecule has 0 bridgehead atoms. The minimum Gasteiger partial charge on any atom is -0.357 e. The number of hydrogen-bond acceptors (Lipinski definition) is 3. The summed E-state index contributed by atoms with van der Waals surface area (Å²) in [5.41, 5.74) is -0.339. The molecule has 1 heterocycles. The summed E-state index contributed by atoms with van der Waals surface area (Å²) < 4.78 is 0. The highest BCUT2D eigenvalue weighted by molar-refractivity contribution is 5.87. The van der Waals surface area contributed by atoms with Crippen molar-refractivity contribution in [2.75, 3.05) is 27.2 Å². The summed E-state index contributed by atoms with van der Waals surface area (Å²) in [7, 11) is 3.45. The maximum Gasteiger partial charge on any atom is 0.242 e. The Bertz CT molecular complexity index is 136. The lowest BCUT2D eigenvalue weighted by molar-refractivity contribution is -0.128. The van der Waals surface area contributed by atoms with Gasteiger partial charge in [0, 0.05) is 20.1 Å². The Labute approximate surface area is 60.4 Å². The molecule has 0 aliphatic carbocycles. The molecule has 1 amide bonds. The van der Waals surface area contributed by atoms with Crippen molar-refractivity contribution in [3.05, 3.63) is 0 Å². The number of hydrogen-bond donors (Lipinski definition) is 3. The minimum atomic E-state index is -0.339. The summed E-state index contributed by atoms with van der Waals surface area (Å²) in [5, 5.41) is 8.65. The standard InChI is InChI=1S/C6H13N3O/c1-7-5(10)6(8-2)3-9-4-6/h8-9H,3-4H2,1-2H3,(H,7,10). The van der Waals surface area contributed by atoms with Crippen LogP contribution in [0.3, 0.4) is 0 Å². The predicted octanol–water partition coefficient (Wildman–Crippen LogP) is -1.71. The van der Waals surface area contributed by atoms with Gasteiger partial charge in [-0.2, -0.15) is 0 Å². The number of rotatable bonds is 2. The Morgan fingerprint density at radius 2 is 2.10 bits per heavy atom. The number of amides is 1. The molecule has 0 unspecified atom stereocenters. The van der Waals surface area contributed by atoms with E-state index in [-0.39, 0.29) is 11.4 Å². The summed E-state index contributed by atoms with van der Waals surface area (Å²) in [6.07, 6.45) is 0. The van der Waals surface area contributed by atoms with Crippen LogP contribution in [0.5, 0.6) is 0 Å². The van der Waals surface area contributed by atoms with Gasteiger partial charge in [0.05, 0.1) is 0 Å². The predicted molar refractivity (Wildman–Crippen MR) is 38.7 cm³/mol. The molecular formula is C6H13N3O. The number of carbonyl (C=O) groups excluding carboxylic acids is 1. The van der Waals surface area contributed by atoms with E-state index in [2.05, 4.69) is 16.0 Å². The molecular weight excluding hydrogens is 130 g/mol. The van der Waals surface area contributed by atoms with Crippen molar-refractivity contribution in [2.45, 2.75) is 5.54 Å². The fourth-order valence-corrected chi connectivity index (χ4v) is 1.07. The van der Waals surface area contributed by atoms with Gasteiger partial charge in [0.1, 0.15) is 5.54 Å². The van der Waals surface area contributed by atoms with Gasteiger partial charge in [0.25, 0.3) is 0 Å². The number of carbonyl (C=O) groups is 1. The van der Waals surface area contributed by atoms with Gasteiger partial charge in [0.2, 0.25) is 5.91 Å². The second-order valence-corrected chi connectivity index (χ2v) is 2.51. The monoisotopic (exact) mass is 143 g/mol. The summed E-state index contributed by atoms with van der Waals surface area (Å²) in [4.78, 5) is 11.1. The van der Waals surface area contributed by atoms with Crippen LogP contribution in [-0.4, -0.2) is 38.6 Å². The molecule has 10 heavy (non-hydrogen) atoms. The molecule has 1 saturated heterocycles. The first kappa shape index (κ1) is 7.50. The molecule has 1 rings (SSSR count). The summed E-state index contributed by atoms with van der Waals surface area (Å²) in [6, 6.07) is 0. The minimum absolute atomic E-state index is 0.0637. The van der Waals surface area contributed by atoms with Crippen LogP contribution >= 0.6 is 0 Å². The van der Waals surface area contributed by atoms with Crippen LogP contribution in [0.15, 0.2) is 0 Å². The fraction of sp³-hybridized carbons (Fsp3) is 0.833. The van der Waals surface area contributed by atoms with Crippen molar-refractivity contribution in [1.29, 1.82) is 0 Å². The lowest BCUT2D eigenvalue weighted by Crippen LogP contribution is -2.73. The van der Waals surface area contributed by atoms with Crippen LogP contribution < -0.4 is 16.0 Å². The van der Waals surface area contributed by atoms with E-state index in [0.717, 1.165) is 13.1 Å². The molecule has 4 nitrogen and oxygen atoms in total. The van der Waals surface area contributed by atoms with Crippen LogP contribution in [0, 0.1) is 0 Å². The molecule has 0 spiro atoms. The van der Waals surface area contributed by atoms with Gasteiger partial charge >= 0.3 is 0 Å². The van der Waals surface area contributed by atoms with E-state index in [0.29, 0.717) is 0 Å². The molecule has 0 saturated carbocycles. The molecule has 0 radical (unpaired) electrons. The zero-order chi connectivity index (χ0) is 7.61. The summed E-state index contributed by atoms with van der Waals surface area (Å²) >= 11 is 0. The first-order valence-corrected chi connectivity index (χ1v) is 3.37. The number of nitrogens with one attached hydrogen (secondary N) is 3. The molecule has 58 valence electrons. The van der Waals surface area contributed by atoms with Crippen molar-refractivity contribution in [1.82, 2.24) is 16.0 Å². The molecule has 1 aliphatic rings. The summed E-state index contributed by atoms with van der Waals surface area (Å²) in [5.74, 6) is 0.0637. The average molecular weight is 143 g/mol. The van der Waals surface area contributed by atoms with Crippen molar-refractivity contribution < 1.29 is 4.79 Å². The SMILES string of the molecule is CNC(=O)C1(NC)CNC1. The van der Waals surface area contributed by atoms with Crippen LogP contribution in [0.25, 0.3) is 0 Å². The molecule has 4 heteroatoms. The Morgan fingerprint density at radius 3 is 2.20 bits per heavy atom. The van der Waals surface area contributed by atoms with Crippen LogP contribution in [0.4, 0.5) is 0 Å². The molecule has 3 N–H and O–H groups in total. The van der Waals surface area contributed by atoms with Crippen LogP contribution in [-0.2, 0) is 4.79 Å². The van der Waals surface area contributed by atoms with Gasteiger partial charge in [-0.1, -0.05) is 0 Å². The lowest BCUT2D eigenvalue weighted by atomic mass is 9.92. The highest BCUT2D eigenvalue weighted by Crippen LogP contribution is 2.08. The molecule has 0 aromatic heterocycles. The van der Waals surface area contributed by atoms with Gasteiger partial charge in [-0.05, 0) is 7.05 Å². The van der Waals surface area contributed by atoms with Gasteiger partial charge < -0.3 is 16.0 Å². The highest BCUT2D eigenvalue weighted by atomic mass is 16.2. The van der Waals surface area contributed by atoms with E-state index in [1.807, 2.05) is 0 Å². The van der Waals surface area contributed by atoms with Crippen molar-refractivity contribution in [3.63, 3.8) is 0 Å². The van der Waals surface area contributed by atoms with Crippen molar-refractivity contribution >= 4 is 5.91 Å². The Kier molecular flexibility index (Phi) is 1.92. The molecule has 1 aliphatic heterocycles. The first-order chi connectivity index (χ1) is 4.75. The third-order valence-corrected chi connectivity index (χ3v) is 1.99. The van der Waals surface area contributed by atoms with Gasteiger partial charge in [-0.3, -0.25) is 4.79 Å². The van der Waals surface area contributed by atoms with E-state index in [1.54, 1.807) is 14.1 Å². The molecule has 0 aromatic carbocycles. The molecule has 1 fully saturated rings. The third-order valence-electron chi connectivity index (χ3n) is 1.99. The Morgan fingerprint density at radius 1 is 1.50 bits per heavy atom. The zero-order valence-corrected chi connectivity index (χ0v) is 6.32. The quantitative estimate of drug-likeness (QED) is 0.431. The first-order valence-electron chi connectivity index (χ1n) is 3.37. The highest BCUT2D eigenvalue weighted by Gasteiger charge is 2.41. The third kappa shape index (κ3) is 0.892. The average Bonchev–Trinajstić information content (AvgIpc) is 1.86. The topological polar surface area (TPSA) is 53.2 Å². The zero-order valence-electron chi connectivity index (χ0n) is 6.32. The Hall–Kier alpha value is -0.610. The van der Waals surface area contributed by atoms with Crippen LogP contribution in [0.2, 0.25) is 0 Å². The molecule has 0 atom stereocenters. The van der Waals surface area contributed by atoms with Crippen LogP contribution in [0.1, 0.15) is 0 Å². The van der Waals surface area contributed by atoms with Gasteiger partial charge in [-0.15, -0.1) is 0 Å². The van der Waals surface area contributed by atoms with E-state index in [1.165, 1.54) is 0 Å². The van der Waals surface area contributed by atoms with Gasteiger partial charge in [0.15, 0.2) is 0 Å². The maximum absolute atomic E-state index is 11.1. The van der Waals surface area contributed by atoms with Gasteiger partial charge in [-0.25, -0.2) is 0 Å². The Balaban J connectivity index is 2.55. The second-order valence-electron chi connectivity index (χ2n) is 2.51. The summed E-state index contributed by atoms with van der Waals surface area (Å²) in [6.45, 7) is 1.45. The smallest absolute Gasteiger partial charge is 0.242 e. The second kappa shape index (κ2) is 2.56. The largest absolute Gasteiger partial charge is 0.357 e. The lowest BCUT2D eigenvalue weighted by Gasteiger charge is -2.40. The number of likely N-dealkylation sites (N-methyl/N-ethyl adjacent to an activating group) is 2. The van der Waals surface area contributed by atoms with Crippen molar-refractivity contribution in [3.8, 4) is 0 Å². The molecule has 0 aromatic rings. The maximum atomic E-state index is 11.1. The van der Waals surface area contributed by atoms with E-state index in [9.17, 15) is 4.79 Å².